The summed E-state index contributed by atoms with van der Waals surface area (Å²) in [7, 11) is 0. The SMILES string of the molecule is Cc1ccccc1SCC(=O)Cc1ccc(Cl)c(Cl)c1. The summed E-state index contributed by atoms with van der Waals surface area (Å²) in [4.78, 5) is 13.1. The zero-order chi connectivity index (χ0) is 14.5. The van der Waals surface area contributed by atoms with Crippen LogP contribution in [-0.2, 0) is 11.2 Å². The number of hydrogen-bond donors (Lipinski definition) is 0. The van der Waals surface area contributed by atoms with Gasteiger partial charge >= 0.3 is 0 Å². The van der Waals surface area contributed by atoms with E-state index in [0.29, 0.717) is 22.2 Å². The summed E-state index contributed by atoms with van der Waals surface area (Å²) in [5.74, 6) is 0.641. The number of ketones is 1. The van der Waals surface area contributed by atoms with Crippen LogP contribution in [0.25, 0.3) is 0 Å². The highest BCUT2D eigenvalue weighted by Crippen LogP contribution is 2.24. The monoisotopic (exact) mass is 324 g/mol. The van der Waals surface area contributed by atoms with Crippen molar-refractivity contribution in [2.24, 2.45) is 0 Å². The Morgan fingerprint density at radius 1 is 1.10 bits per heavy atom. The van der Waals surface area contributed by atoms with Crippen molar-refractivity contribution in [2.75, 3.05) is 5.75 Å². The van der Waals surface area contributed by atoms with Crippen LogP contribution in [-0.4, -0.2) is 11.5 Å². The first-order valence-corrected chi connectivity index (χ1v) is 7.94. The second kappa shape index (κ2) is 7.16. The first-order chi connectivity index (χ1) is 9.56. The van der Waals surface area contributed by atoms with E-state index in [4.69, 9.17) is 23.2 Å². The van der Waals surface area contributed by atoms with Gasteiger partial charge in [0, 0.05) is 11.3 Å². The first-order valence-electron chi connectivity index (χ1n) is 6.20. The second-order valence-electron chi connectivity index (χ2n) is 4.52. The van der Waals surface area contributed by atoms with Crippen molar-refractivity contribution in [1.29, 1.82) is 0 Å². The molecule has 0 aliphatic rings. The number of aryl methyl sites for hydroxylation is 1. The third-order valence-electron chi connectivity index (χ3n) is 2.87. The van der Waals surface area contributed by atoms with Crippen molar-refractivity contribution < 1.29 is 4.79 Å². The fraction of sp³-hybridized carbons (Fsp3) is 0.188. The molecule has 0 spiro atoms. The van der Waals surface area contributed by atoms with Gasteiger partial charge in [-0.05, 0) is 36.2 Å². The molecule has 0 saturated carbocycles. The Bertz CT molecular complexity index is 626. The normalized spacial score (nSPS) is 10.6. The number of rotatable bonds is 5. The van der Waals surface area contributed by atoms with Crippen LogP contribution >= 0.6 is 35.0 Å². The van der Waals surface area contributed by atoms with Crippen LogP contribution < -0.4 is 0 Å². The second-order valence-corrected chi connectivity index (χ2v) is 6.35. The minimum absolute atomic E-state index is 0.177. The molecule has 0 amide bonds. The van der Waals surface area contributed by atoms with Gasteiger partial charge in [0.2, 0.25) is 0 Å². The highest BCUT2D eigenvalue weighted by atomic mass is 35.5. The number of benzene rings is 2. The van der Waals surface area contributed by atoms with E-state index in [1.807, 2.05) is 37.3 Å². The molecule has 0 unspecified atom stereocenters. The molecule has 0 fully saturated rings. The van der Waals surface area contributed by atoms with Gasteiger partial charge in [-0.15, -0.1) is 11.8 Å². The molecule has 20 heavy (non-hydrogen) atoms. The summed E-state index contributed by atoms with van der Waals surface area (Å²) >= 11 is 13.4. The van der Waals surface area contributed by atoms with Crippen LogP contribution in [0, 0.1) is 6.92 Å². The maximum atomic E-state index is 12.0. The number of carbonyl (C=O) groups excluding carboxylic acids is 1. The third kappa shape index (κ3) is 4.27. The number of carbonyl (C=O) groups is 1. The van der Waals surface area contributed by atoms with Gasteiger partial charge < -0.3 is 0 Å². The Morgan fingerprint density at radius 3 is 2.55 bits per heavy atom. The lowest BCUT2D eigenvalue weighted by molar-refractivity contribution is -0.116. The van der Waals surface area contributed by atoms with Gasteiger partial charge in [0.1, 0.15) is 5.78 Å². The van der Waals surface area contributed by atoms with Gasteiger partial charge in [0.05, 0.1) is 15.8 Å². The van der Waals surface area contributed by atoms with Gasteiger partial charge in [-0.25, -0.2) is 0 Å². The molecule has 0 aromatic heterocycles. The van der Waals surface area contributed by atoms with Crippen molar-refractivity contribution >= 4 is 40.7 Å². The molecule has 1 nitrogen and oxygen atoms in total. The van der Waals surface area contributed by atoms with E-state index in [0.717, 1.165) is 10.5 Å². The molecule has 0 atom stereocenters. The van der Waals surface area contributed by atoms with E-state index >= 15 is 0 Å². The van der Waals surface area contributed by atoms with Gasteiger partial charge in [-0.2, -0.15) is 0 Å². The van der Waals surface area contributed by atoms with Gasteiger partial charge in [0.25, 0.3) is 0 Å². The average Bonchev–Trinajstić information content (AvgIpc) is 2.42. The molecule has 0 aliphatic heterocycles. The average molecular weight is 325 g/mol. The Morgan fingerprint density at radius 2 is 1.85 bits per heavy atom. The number of hydrogen-bond acceptors (Lipinski definition) is 2. The molecule has 0 N–H and O–H groups in total. The molecule has 2 aromatic rings. The molecular formula is C16H14Cl2OS. The molecule has 0 bridgehead atoms. The quantitative estimate of drug-likeness (QED) is 0.702. The zero-order valence-corrected chi connectivity index (χ0v) is 13.4. The van der Waals surface area contributed by atoms with Crippen molar-refractivity contribution in [3.8, 4) is 0 Å². The fourth-order valence-corrected chi connectivity index (χ4v) is 3.01. The lowest BCUT2D eigenvalue weighted by atomic mass is 10.1. The lowest BCUT2D eigenvalue weighted by Crippen LogP contribution is -2.05. The highest BCUT2D eigenvalue weighted by molar-refractivity contribution is 8.00. The Kier molecular flexibility index (Phi) is 5.53. The Labute approximate surface area is 133 Å². The van der Waals surface area contributed by atoms with Crippen LogP contribution in [0.15, 0.2) is 47.4 Å². The van der Waals surface area contributed by atoms with Crippen LogP contribution in [0.3, 0.4) is 0 Å². The van der Waals surface area contributed by atoms with E-state index < -0.39 is 0 Å². The highest BCUT2D eigenvalue weighted by Gasteiger charge is 2.07. The summed E-state index contributed by atoms with van der Waals surface area (Å²) in [6.07, 6.45) is 0.385. The van der Waals surface area contributed by atoms with E-state index in [1.165, 1.54) is 5.56 Å². The predicted octanol–water partition coefficient (Wildman–Crippen LogP) is 5.21. The molecule has 2 rings (SSSR count). The van der Waals surface area contributed by atoms with Gasteiger partial charge in [0.15, 0.2) is 0 Å². The summed E-state index contributed by atoms with van der Waals surface area (Å²) in [5, 5.41) is 1.00. The Balaban J connectivity index is 1.93. The van der Waals surface area contributed by atoms with Crippen LogP contribution in [0.5, 0.6) is 0 Å². The van der Waals surface area contributed by atoms with Gasteiger partial charge in [-0.3, -0.25) is 4.79 Å². The molecule has 4 heteroatoms. The minimum atomic E-state index is 0.177. The largest absolute Gasteiger partial charge is 0.298 e. The predicted molar refractivity (Wildman–Crippen MR) is 87.1 cm³/mol. The first kappa shape index (κ1) is 15.4. The molecule has 0 heterocycles. The van der Waals surface area contributed by atoms with Crippen LogP contribution in [0.4, 0.5) is 0 Å². The van der Waals surface area contributed by atoms with Crippen LogP contribution in [0.1, 0.15) is 11.1 Å². The van der Waals surface area contributed by atoms with Crippen molar-refractivity contribution in [1.82, 2.24) is 0 Å². The lowest BCUT2D eigenvalue weighted by Gasteiger charge is -2.05. The van der Waals surface area contributed by atoms with Crippen LogP contribution in [0.2, 0.25) is 10.0 Å². The van der Waals surface area contributed by atoms with Crippen molar-refractivity contribution in [3.05, 3.63) is 63.6 Å². The maximum absolute atomic E-state index is 12.0. The molecule has 0 radical (unpaired) electrons. The minimum Gasteiger partial charge on any atom is -0.298 e. The van der Waals surface area contributed by atoms with E-state index in [9.17, 15) is 4.79 Å². The maximum Gasteiger partial charge on any atom is 0.147 e. The molecule has 2 aromatic carbocycles. The van der Waals surface area contributed by atoms with E-state index in [2.05, 4.69) is 0 Å². The van der Waals surface area contributed by atoms with Gasteiger partial charge in [-0.1, -0.05) is 47.5 Å². The van der Waals surface area contributed by atoms with Crippen molar-refractivity contribution in [3.63, 3.8) is 0 Å². The summed E-state index contributed by atoms with van der Waals surface area (Å²) < 4.78 is 0. The summed E-state index contributed by atoms with van der Waals surface area (Å²) in [5.41, 5.74) is 2.09. The number of halogens is 2. The standard InChI is InChI=1S/C16H14Cl2OS/c1-11-4-2-3-5-16(11)20-10-13(19)8-12-6-7-14(17)15(18)9-12/h2-7,9H,8,10H2,1H3. The summed E-state index contributed by atoms with van der Waals surface area (Å²) in [6.45, 7) is 2.05. The molecule has 104 valence electrons. The van der Waals surface area contributed by atoms with Crippen molar-refractivity contribution in [2.45, 2.75) is 18.2 Å². The number of Topliss-reactive ketones (excluding diaryl/α,β-unsaturated/α-hetero) is 1. The molecular weight excluding hydrogens is 311 g/mol. The summed E-state index contributed by atoms with van der Waals surface area (Å²) in [6, 6.07) is 13.4. The zero-order valence-electron chi connectivity index (χ0n) is 11.0. The van der Waals surface area contributed by atoms with E-state index in [-0.39, 0.29) is 5.78 Å². The fourth-order valence-electron chi connectivity index (χ4n) is 1.80. The molecule has 0 saturated heterocycles. The smallest absolute Gasteiger partial charge is 0.147 e. The molecule has 0 aliphatic carbocycles. The number of thioether (sulfide) groups is 1. The Hall–Kier alpha value is -0.960. The third-order valence-corrected chi connectivity index (χ3v) is 4.84. The topological polar surface area (TPSA) is 17.1 Å². The van der Waals surface area contributed by atoms with E-state index in [1.54, 1.807) is 23.9 Å².